The Hall–Kier alpha value is -1.29. The van der Waals surface area contributed by atoms with Gasteiger partial charge in [-0.2, -0.15) is 0 Å². The third-order valence-corrected chi connectivity index (χ3v) is 2.08. The SMILES string of the molecule is COc1ccc(NCCCC(C)O)nc1. The molecule has 1 unspecified atom stereocenters. The summed E-state index contributed by atoms with van der Waals surface area (Å²) in [7, 11) is 1.62. The molecule has 0 aliphatic rings. The van der Waals surface area contributed by atoms with E-state index >= 15 is 0 Å². The van der Waals surface area contributed by atoms with Crippen molar-refractivity contribution in [2.75, 3.05) is 19.0 Å². The molecule has 1 aromatic rings. The van der Waals surface area contributed by atoms with Gasteiger partial charge in [0.1, 0.15) is 11.6 Å². The van der Waals surface area contributed by atoms with E-state index in [0.717, 1.165) is 31.0 Å². The van der Waals surface area contributed by atoms with Gasteiger partial charge in [0, 0.05) is 6.54 Å². The Morgan fingerprint density at radius 3 is 2.87 bits per heavy atom. The molecule has 84 valence electrons. The number of nitrogens with zero attached hydrogens (tertiary/aromatic N) is 1. The first kappa shape index (κ1) is 11.8. The zero-order valence-electron chi connectivity index (χ0n) is 9.23. The number of methoxy groups -OCH3 is 1. The van der Waals surface area contributed by atoms with Crippen LogP contribution in [-0.4, -0.2) is 29.8 Å². The number of aliphatic hydroxyl groups is 1. The molecular weight excluding hydrogens is 192 g/mol. The van der Waals surface area contributed by atoms with Crippen LogP contribution in [0, 0.1) is 0 Å². The summed E-state index contributed by atoms with van der Waals surface area (Å²) in [5.41, 5.74) is 0. The maximum Gasteiger partial charge on any atom is 0.137 e. The second kappa shape index (κ2) is 6.24. The van der Waals surface area contributed by atoms with Crippen LogP contribution < -0.4 is 10.1 Å². The molecule has 1 aromatic heterocycles. The topological polar surface area (TPSA) is 54.4 Å². The van der Waals surface area contributed by atoms with Gasteiger partial charge in [0.05, 0.1) is 19.4 Å². The van der Waals surface area contributed by atoms with E-state index in [2.05, 4.69) is 10.3 Å². The molecule has 1 heterocycles. The first-order chi connectivity index (χ1) is 7.22. The zero-order chi connectivity index (χ0) is 11.1. The number of nitrogens with one attached hydrogen (secondary N) is 1. The van der Waals surface area contributed by atoms with Crippen LogP contribution in [-0.2, 0) is 0 Å². The van der Waals surface area contributed by atoms with Crippen LogP contribution in [0.5, 0.6) is 5.75 Å². The van der Waals surface area contributed by atoms with Crippen molar-refractivity contribution in [3.63, 3.8) is 0 Å². The third-order valence-electron chi connectivity index (χ3n) is 2.08. The Balaban J connectivity index is 2.25. The molecule has 2 N–H and O–H groups in total. The van der Waals surface area contributed by atoms with Crippen LogP contribution in [0.3, 0.4) is 0 Å². The lowest BCUT2D eigenvalue weighted by molar-refractivity contribution is 0.183. The van der Waals surface area contributed by atoms with Gasteiger partial charge in [-0.15, -0.1) is 0 Å². The van der Waals surface area contributed by atoms with Crippen LogP contribution in [0.15, 0.2) is 18.3 Å². The number of ether oxygens (including phenoxy) is 1. The maximum atomic E-state index is 9.06. The van der Waals surface area contributed by atoms with E-state index in [0.29, 0.717) is 0 Å². The summed E-state index contributed by atoms with van der Waals surface area (Å²) < 4.78 is 5.00. The van der Waals surface area contributed by atoms with Crippen LogP contribution in [0.4, 0.5) is 5.82 Å². The molecule has 0 spiro atoms. The first-order valence-corrected chi connectivity index (χ1v) is 5.14. The van der Waals surface area contributed by atoms with Crippen molar-refractivity contribution in [2.45, 2.75) is 25.9 Å². The van der Waals surface area contributed by atoms with Crippen LogP contribution in [0.1, 0.15) is 19.8 Å². The van der Waals surface area contributed by atoms with E-state index in [-0.39, 0.29) is 6.10 Å². The lowest BCUT2D eigenvalue weighted by Gasteiger charge is -2.07. The summed E-state index contributed by atoms with van der Waals surface area (Å²) in [5, 5.41) is 12.2. The molecule has 0 radical (unpaired) electrons. The number of aliphatic hydroxyl groups excluding tert-OH is 1. The molecule has 0 aromatic carbocycles. The fourth-order valence-electron chi connectivity index (χ4n) is 1.22. The molecule has 0 bridgehead atoms. The largest absolute Gasteiger partial charge is 0.495 e. The van der Waals surface area contributed by atoms with E-state index < -0.39 is 0 Å². The van der Waals surface area contributed by atoms with Gasteiger partial charge >= 0.3 is 0 Å². The van der Waals surface area contributed by atoms with Crippen molar-refractivity contribution in [3.8, 4) is 5.75 Å². The van der Waals surface area contributed by atoms with Gasteiger partial charge < -0.3 is 15.2 Å². The van der Waals surface area contributed by atoms with Crippen molar-refractivity contribution >= 4 is 5.82 Å². The standard InChI is InChI=1S/C11H18N2O2/c1-9(14)4-3-7-12-11-6-5-10(15-2)8-13-11/h5-6,8-9,14H,3-4,7H2,1-2H3,(H,12,13). The van der Waals surface area contributed by atoms with Crippen LogP contribution in [0.2, 0.25) is 0 Å². The molecule has 4 nitrogen and oxygen atoms in total. The number of hydrogen-bond acceptors (Lipinski definition) is 4. The second-order valence-corrected chi connectivity index (χ2v) is 3.50. The van der Waals surface area contributed by atoms with Gasteiger partial charge in [-0.1, -0.05) is 0 Å². The average molecular weight is 210 g/mol. The fourth-order valence-corrected chi connectivity index (χ4v) is 1.22. The normalized spacial score (nSPS) is 12.2. The van der Waals surface area contributed by atoms with Crippen molar-refractivity contribution in [2.24, 2.45) is 0 Å². The molecule has 0 amide bonds. The molecule has 4 heteroatoms. The van der Waals surface area contributed by atoms with E-state index in [1.165, 1.54) is 0 Å². The van der Waals surface area contributed by atoms with Crippen molar-refractivity contribution in [1.29, 1.82) is 0 Å². The minimum Gasteiger partial charge on any atom is -0.495 e. The summed E-state index contributed by atoms with van der Waals surface area (Å²) in [5.74, 6) is 1.59. The van der Waals surface area contributed by atoms with E-state index in [1.54, 1.807) is 20.2 Å². The highest BCUT2D eigenvalue weighted by Gasteiger charge is 1.97. The Labute approximate surface area is 90.3 Å². The molecule has 0 aliphatic heterocycles. The second-order valence-electron chi connectivity index (χ2n) is 3.50. The summed E-state index contributed by atoms with van der Waals surface area (Å²) in [6.07, 6.45) is 3.20. The van der Waals surface area contributed by atoms with E-state index in [9.17, 15) is 0 Å². The predicted octanol–water partition coefficient (Wildman–Crippen LogP) is 1.66. The quantitative estimate of drug-likeness (QED) is 0.701. The molecular formula is C11H18N2O2. The van der Waals surface area contributed by atoms with E-state index in [4.69, 9.17) is 9.84 Å². The third kappa shape index (κ3) is 4.65. The minimum absolute atomic E-state index is 0.226. The number of anilines is 1. The van der Waals surface area contributed by atoms with Gasteiger partial charge in [0.2, 0.25) is 0 Å². The summed E-state index contributed by atoms with van der Waals surface area (Å²) in [6.45, 7) is 2.62. The maximum absolute atomic E-state index is 9.06. The summed E-state index contributed by atoms with van der Waals surface area (Å²) in [6, 6.07) is 3.74. The lowest BCUT2D eigenvalue weighted by Crippen LogP contribution is -2.07. The molecule has 0 aliphatic carbocycles. The Morgan fingerprint density at radius 1 is 1.53 bits per heavy atom. The zero-order valence-corrected chi connectivity index (χ0v) is 9.23. The molecule has 15 heavy (non-hydrogen) atoms. The molecule has 0 saturated carbocycles. The number of hydrogen-bond donors (Lipinski definition) is 2. The van der Waals surface area contributed by atoms with Crippen LogP contribution >= 0.6 is 0 Å². The summed E-state index contributed by atoms with van der Waals surface area (Å²) in [4.78, 5) is 4.17. The average Bonchev–Trinajstić information content (AvgIpc) is 2.25. The smallest absolute Gasteiger partial charge is 0.137 e. The van der Waals surface area contributed by atoms with Gasteiger partial charge in [-0.25, -0.2) is 4.98 Å². The first-order valence-electron chi connectivity index (χ1n) is 5.14. The highest BCUT2D eigenvalue weighted by atomic mass is 16.5. The lowest BCUT2D eigenvalue weighted by atomic mass is 10.2. The molecule has 1 rings (SSSR count). The number of aromatic nitrogens is 1. The van der Waals surface area contributed by atoms with Gasteiger partial charge in [-0.3, -0.25) is 0 Å². The molecule has 0 saturated heterocycles. The summed E-state index contributed by atoms with van der Waals surface area (Å²) >= 11 is 0. The van der Waals surface area contributed by atoms with Crippen LogP contribution in [0.25, 0.3) is 0 Å². The highest BCUT2D eigenvalue weighted by Crippen LogP contribution is 2.11. The van der Waals surface area contributed by atoms with Gasteiger partial charge in [0.25, 0.3) is 0 Å². The number of rotatable bonds is 6. The highest BCUT2D eigenvalue weighted by molar-refractivity contribution is 5.37. The van der Waals surface area contributed by atoms with E-state index in [1.807, 2.05) is 12.1 Å². The van der Waals surface area contributed by atoms with Gasteiger partial charge in [0.15, 0.2) is 0 Å². The van der Waals surface area contributed by atoms with Crippen molar-refractivity contribution in [1.82, 2.24) is 4.98 Å². The minimum atomic E-state index is -0.226. The van der Waals surface area contributed by atoms with Gasteiger partial charge in [-0.05, 0) is 31.9 Å². The monoisotopic (exact) mass is 210 g/mol. The Morgan fingerprint density at radius 2 is 2.33 bits per heavy atom. The fraction of sp³-hybridized carbons (Fsp3) is 0.545. The molecule has 1 atom stereocenters. The Kier molecular flexibility index (Phi) is 4.90. The Bertz CT molecular complexity index is 272. The number of pyridine rings is 1. The van der Waals surface area contributed by atoms with Crippen molar-refractivity contribution in [3.05, 3.63) is 18.3 Å². The molecule has 0 fully saturated rings. The predicted molar refractivity (Wildman–Crippen MR) is 60.2 cm³/mol. The van der Waals surface area contributed by atoms with Crippen molar-refractivity contribution < 1.29 is 9.84 Å².